The summed E-state index contributed by atoms with van der Waals surface area (Å²) in [5.41, 5.74) is 1.17. The van der Waals surface area contributed by atoms with Gasteiger partial charge in [0.05, 0.1) is 14.2 Å². The monoisotopic (exact) mass is 306 g/mol. The highest BCUT2D eigenvalue weighted by Gasteiger charge is 2.22. The number of ether oxygens (including phenoxy) is 2. The minimum absolute atomic E-state index is 0.173. The normalized spacial score (nSPS) is 17.2. The number of hydrogen-bond acceptors (Lipinski definition) is 4. The fraction of sp³-hybridized carbons (Fsp3) is 0.588. The highest BCUT2D eigenvalue weighted by Crippen LogP contribution is 2.30. The van der Waals surface area contributed by atoms with Crippen molar-refractivity contribution in [2.75, 3.05) is 27.3 Å². The van der Waals surface area contributed by atoms with E-state index in [4.69, 9.17) is 9.47 Å². The standard InChI is InChI=1S/C17H26N2O3/c1-12(14-5-6-16(21-3)17(11-14)22-4)18-15-7-9-19(10-8-15)13(2)20/h5-6,11-12,15,18H,7-10H2,1-4H3/t12-/m1/s1. The van der Waals surface area contributed by atoms with Crippen LogP contribution in [0, 0.1) is 0 Å². The molecular weight excluding hydrogens is 280 g/mol. The van der Waals surface area contributed by atoms with Gasteiger partial charge >= 0.3 is 0 Å². The Bertz CT molecular complexity index is 511. The summed E-state index contributed by atoms with van der Waals surface area (Å²) >= 11 is 0. The van der Waals surface area contributed by atoms with Crippen molar-refractivity contribution in [1.82, 2.24) is 10.2 Å². The SMILES string of the molecule is COc1ccc([C@@H](C)NC2CCN(C(C)=O)CC2)cc1OC. The van der Waals surface area contributed by atoms with Gasteiger partial charge in [-0.1, -0.05) is 6.07 Å². The van der Waals surface area contributed by atoms with Crippen molar-refractivity contribution < 1.29 is 14.3 Å². The fourth-order valence-corrected chi connectivity index (χ4v) is 2.93. The van der Waals surface area contributed by atoms with E-state index in [2.05, 4.69) is 18.3 Å². The van der Waals surface area contributed by atoms with E-state index in [-0.39, 0.29) is 11.9 Å². The molecule has 1 aliphatic heterocycles. The summed E-state index contributed by atoms with van der Waals surface area (Å²) < 4.78 is 10.6. The summed E-state index contributed by atoms with van der Waals surface area (Å²) in [6.45, 7) is 5.47. The maximum Gasteiger partial charge on any atom is 0.219 e. The maximum atomic E-state index is 11.4. The molecule has 5 nitrogen and oxygen atoms in total. The Hall–Kier alpha value is -1.75. The number of methoxy groups -OCH3 is 2. The highest BCUT2D eigenvalue weighted by molar-refractivity contribution is 5.73. The second-order valence-corrected chi connectivity index (χ2v) is 5.78. The van der Waals surface area contributed by atoms with Crippen molar-refractivity contribution in [2.24, 2.45) is 0 Å². The zero-order chi connectivity index (χ0) is 16.1. The predicted molar refractivity (Wildman–Crippen MR) is 86.4 cm³/mol. The molecule has 5 heteroatoms. The molecule has 0 spiro atoms. The topological polar surface area (TPSA) is 50.8 Å². The van der Waals surface area contributed by atoms with E-state index in [1.807, 2.05) is 17.0 Å². The third-order valence-electron chi connectivity index (χ3n) is 4.33. The Balaban J connectivity index is 1.95. The Kier molecular flexibility index (Phi) is 5.66. The second kappa shape index (κ2) is 7.49. The maximum absolute atomic E-state index is 11.4. The molecule has 0 radical (unpaired) electrons. The van der Waals surface area contributed by atoms with Crippen molar-refractivity contribution in [3.05, 3.63) is 23.8 Å². The molecule has 1 saturated heterocycles. The first kappa shape index (κ1) is 16.6. The molecule has 1 amide bonds. The van der Waals surface area contributed by atoms with Gasteiger partial charge in [0.2, 0.25) is 5.91 Å². The van der Waals surface area contributed by atoms with Crippen LogP contribution in [0.3, 0.4) is 0 Å². The van der Waals surface area contributed by atoms with Crippen molar-refractivity contribution in [3.63, 3.8) is 0 Å². The number of rotatable bonds is 5. The van der Waals surface area contributed by atoms with Crippen LogP contribution in [0.4, 0.5) is 0 Å². The first-order valence-corrected chi connectivity index (χ1v) is 7.78. The van der Waals surface area contributed by atoms with Gasteiger partial charge in [0.1, 0.15) is 0 Å². The summed E-state index contributed by atoms with van der Waals surface area (Å²) in [5.74, 6) is 1.67. The summed E-state index contributed by atoms with van der Waals surface area (Å²) in [4.78, 5) is 13.3. The van der Waals surface area contributed by atoms with Crippen LogP contribution in [0.15, 0.2) is 18.2 Å². The van der Waals surface area contributed by atoms with Crippen LogP contribution >= 0.6 is 0 Å². The lowest BCUT2D eigenvalue weighted by molar-refractivity contribution is -0.129. The third kappa shape index (κ3) is 3.91. The Morgan fingerprint density at radius 3 is 2.41 bits per heavy atom. The molecule has 1 aromatic carbocycles. The lowest BCUT2D eigenvalue weighted by Crippen LogP contribution is -2.44. The summed E-state index contributed by atoms with van der Waals surface area (Å²) in [6.07, 6.45) is 1.99. The highest BCUT2D eigenvalue weighted by atomic mass is 16.5. The van der Waals surface area contributed by atoms with Gasteiger partial charge in [0.25, 0.3) is 0 Å². The molecule has 0 bridgehead atoms. The minimum Gasteiger partial charge on any atom is -0.493 e. The predicted octanol–water partition coefficient (Wildman–Crippen LogP) is 2.37. The average Bonchev–Trinajstić information content (AvgIpc) is 2.54. The quantitative estimate of drug-likeness (QED) is 0.907. The number of carbonyl (C=O) groups is 1. The summed E-state index contributed by atoms with van der Waals surface area (Å²) in [7, 11) is 3.29. The van der Waals surface area contributed by atoms with Crippen molar-refractivity contribution in [2.45, 2.75) is 38.8 Å². The molecule has 1 heterocycles. The van der Waals surface area contributed by atoms with E-state index in [9.17, 15) is 4.79 Å². The van der Waals surface area contributed by atoms with Crippen LogP contribution in [-0.4, -0.2) is 44.2 Å². The molecule has 122 valence electrons. The van der Waals surface area contributed by atoms with E-state index in [0.29, 0.717) is 6.04 Å². The van der Waals surface area contributed by atoms with E-state index in [1.165, 1.54) is 5.56 Å². The average molecular weight is 306 g/mol. The summed E-state index contributed by atoms with van der Waals surface area (Å²) in [6, 6.07) is 6.68. The number of carbonyl (C=O) groups excluding carboxylic acids is 1. The number of amides is 1. The van der Waals surface area contributed by atoms with Crippen LogP contribution in [0.25, 0.3) is 0 Å². The summed E-state index contributed by atoms with van der Waals surface area (Å²) in [5, 5.41) is 3.65. The number of nitrogens with zero attached hydrogens (tertiary/aromatic N) is 1. The number of likely N-dealkylation sites (tertiary alicyclic amines) is 1. The molecule has 1 aromatic rings. The van der Waals surface area contributed by atoms with Gasteiger partial charge in [-0.2, -0.15) is 0 Å². The van der Waals surface area contributed by atoms with Crippen molar-refractivity contribution in [1.29, 1.82) is 0 Å². The molecule has 0 saturated carbocycles. The van der Waals surface area contributed by atoms with Gasteiger partial charge in [-0.25, -0.2) is 0 Å². The third-order valence-corrected chi connectivity index (χ3v) is 4.33. The lowest BCUT2D eigenvalue weighted by atomic mass is 10.0. The lowest BCUT2D eigenvalue weighted by Gasteiger charge is -2.33. The Morgan fingerprint density at radius 1 is 1.23 bits per heavy atom. The first-order valence-electron chi connectivity index (χ1n) is 7.78. The first-order chi connectivity index (χ1) is 10.5. The van der Waals surface area contributed by atoms with Gasteiger partial charge in [-0.05, 0) is 37.5 Å². The number of nitrogens with one attached hydrogen (secondary N) is 1. The molecule has 22 heavy (non-hydrogen) atoms. The van der Waals surface area contributed by atoms with Gasteiger partial charge in [-0.15, -0.1) is 0 Å². The molecule has 1 N–H and O–H groups in total. The molecular formula is C17H26N2O3. The molecule has 1 aliphatic rings. The van der Waals surface area contributed by atoms with Gasteiger partial charge in [0.15, 0.2) is 11.5 Å². The second-order valence-electron chi connectivity index (χ2n) is 5.78. The van der Waals surface area contributed by atoms with Crippen LogP contribution in [0.2, 0.25) is 0 Å². The molecule has 1 fully saturated rings. The van der Waals surface area contributed by atoms with E-state index in [0.717, 1.165) is 37.4 Å². The largest absolute Gasteiger partial charge is 0.493 e. The molecule has 1 atom stereocenters. The fourth-order valence-electron chi connectivity index (χ4n) is 2.93. The van der Waals surface area contributed by atoms with Gasteiger partial charge in [0, 0.05) is 32.1 Å². The van der Waals surface area contributed by atoms with Crippen LogP contribution < -0.4 is 14.8 Å². The van der Waals surface area contributed by atoms with Crippen LogP contribution in [0.5, 0.6) is 11.5 Å². The van der Waals surface area contributed by atoms with E-state index < -0.39 is 0 Å². The number of piperidine rings is 1. The number of hydrogen-bond donors (Lipinski definition) is 1. The zero-order valence-electron chi connectivity index (χ0n) is 13.9. The van der Waals surface area contributed by atoms with Gasteiger partial charge < -0.3 is 19.7 Å². The van der Waals surface area contributed by atoms with Crippen molar-refractivity contribution in [3.8, 4) is 11.5 Å². The van der Waals surface area contributed by atoms with E-state index in [1.54, 1.807) is 21.1 Å². The van der Waals surface area contributed by atoms with Crippen LogP contribution in [-0.2, 0) is 4.79 Å². The molecule has 0 unspecified atom stereocenters. The molecule has 0 aromatic heterocycles. The zero-order valence-corrected chi connectivity index (χ0v) is 13.9. The Morgan fingerprint density at radius 2 is 1.86 bits per heavy atom. The molecule has 2 rings (SSSR count). The van der Waals surface area contributed by atoms with Crippen LogP contribution in [0.1, 0.15) is 38.3 Å². The van der Waals surface area contributed by atoms with Crippen molar-refractivity contribution >= 4 is 5.91 Å². The molecule has 0 aliphatic carbocycles. The van der Waals surface area contributed by atoms with E-state index >= 15 is 0 Å². The smallest absolute Gasteiger partial charge is 0.219 e. The Labute approximate surface area is 132 Å². The van der Waals surface area contributed by atoms with Gasteiger partial charge in [-0.3, -0.25) is 4.79 Å². The minimum atomic E-state index is 0.173. The number of benzene rings is 1.